The first kappa shape index (κ1) is 14.2. The molecule has 1 aromatic carbocycles. The number of carbonyl (C=O) groups excluding carboxylic acids is 2. The van der Waals surface area contributed by atoms with Crippen LogP contribution < -0.4 is 4.74 Å². The molecule has 0 bridgehead atoms. The average Bonchev–Trinajstić information content (AvgIpc) is 2.26. The second-order valence-corrected chi connectivity index (χ2v) is 4.43. The van der Waals surface area contributed by atoms with Crippen molar-refractivity contribution in [3.05, 3.63) is 28.8 Å². The molecule has 18 heavy (non-hydrogen) atoms. The minimum absolute atomic E-state index is 0.125. The normalized spacial score (nSPS) is 10.3. The first-order valence-corrected chi connectivity index (χ1v) is 5.82. The van der Waals surface area contributed by atoms with E-state index in [0.717, 1.165) is 17.4 Å². The fraction of sp³-hybridized carbons (Fsp3) is 0.429. The van der Waals surface area contributed by atoms with Gasteiger partial charge >= 0.3 is 5.97 Å². The Balaban J connectivity index is 2.73. The van der Waals surface area contributed by atoms with Crippen molar-refractivity contribution in [2.24, 2.45) is 0 Å². The van der Waals surface area contributed by atoms with Gasteiger partial charge in [0.05, 0.1) is 6.10 Å². The summed E-state index contributed by atoms with van der Waals surface area (Å²) in [6, 6.07) is 3.45. The van der Waals surface area contributed by atoms with Crippen LogP contribution in [0.3, 0.4) is 0 Å². The molecule has 4 heteroatoms. The molecule has 1 rings (SSSR count). The van der Waals surface area contributed by atoms with Crippen LogP contribution in [0.2, 0.25) is 0 Å². The van der Waals surface area contributed by atoms with E-state index in [-0.39, 0.29) is 12.7 Å². The molecule has 1 aromatic rings. The Hall–Kier alpha value is -1.84. The smallest absolute Gasteiger partial charge is 0.344 e. The fourth-order valence-corrected chi connectivity index (χ4v) is 1.71. The summed E-state index contributed by atoms with van der Waals surface area (Å²) in [5.41, 5.74) is 2.26. The predicted octanol–water partition coefficient (Wildman–Crippen LogP) is 2.45. The lowest BCUT2D eigenvalue weighted by Gasteiger charge is -2.13. The minimum Gasteiger partial charge on any atom is -0.481 e. The minimum atomic E-state index is -0.400. The third-order valence-corrected chi connectivity index (χ3v) is 2.32. The summed E-state index contributed by atoms with van der Waals surface area (Å²) in [5.74, 6) is 0.226. The number of carbonyl (C=O) groups is 2. The average molecular weight is 250 g/mol. The molecule has 0 saturated heterocycles. The number of aryl methyl sites for hydroxylation is 2. The predicted molar refractivity (Wildman–Crippen MR) is 68.0 cm³/mol. The SMILES string of the molecule is Cc1cc(C=O)cc(C)c1OCC(=O)OC(C)C. The summed E-state index contributed by atoms with van der Waals surface area (Å²) in [7, 11) is 0. The molecule has 0 amide bonds. The van der Waals surface area contributed by atoms with Crippen molar-refractivity contribution < 1.29 is 19.1 Å². The van der Waals surface area contributed by atoms with Crippen molar-refractivity contribution in [2.75, 3.05) is 6.61 Å². The van der Waals surface area contributed by atoms with Gasteiger partial charge in [-0.15, -0.1) is 0 Å². The zero-order valence-corrected chi connectivity index (χ0v) is 11.1. The van der Waals surface area contributed by atoms with Gasteiger partial charge in [0.25, 0.3) is 0 Å². The molecule has 0 heterocycles. The molecule has 0 spiro atoms. The number of aldehydes is 1. The number of hydrogen-bond acceptors (Lipinski definition) is 4. The van der Waals surface area contributed by atoms with Crippen LogP contribution in [0.15, 0.2) is 12.1 Å². The monoisotopic (exact) mass is 250 g/mol. The van der Waals surface area contributed by atoms with Gasteiger partial charge in [0.1, 0.15) is 12.0 Å². The van der Waals surface area contributed by atoms with Gasteiger partial charge in [-0.3, -0.25) is 4.79 Å². The fourth-order valence-electron chi connectivity index (χ4n) is 1.71. The van der Waals surface area contributed by atoms with Crippen LogP contribution in [-0.4, -0.2) is 25.0 Å². The number of benzene rings is 1. The molecular formula is C14H18O4. The molecule has 0 saturated carbocycles. The molecule has 4 nitrogen and oxygen atoms in total. The van der Waals surface area contributed by atoms with Crippen molar-refractivity contribution >= 4 is 12.3 Å². The lowest BCUT2D eigenvalue weighted by molar-refractivity contribution is -0.149. The Kier molecular flexibility index (Phi) is 4.89. The van der Waals surface area contributed by atoms with E-state index >= 15 is 0 Å². The topological polar surface area (TPSA) is 52.6 Å². The highest BCUT2D eigenvalue weighted by Gasteiger charge is 2.10. The maximum atomic E-state index is 11.4. The van der Waals surface area contributed by atoms with Crippen LogP contribution in [0.4, 0.5) is 0 Å². The van der Waals surface area contributed by atoms with E-state index in [1.54, 1.807) is 26.0 Å². The van der Waals surface area contributed by atoms with Crippen molar-refractivity contribution in [2.45, 2.75) is 33.8 Å². The second kappa shape index (κ2) is 6.19. The van der Waals surface area contributed by atoms with E-state index in [2.05, 4.69) is 0 Å². The lowest BCUT2D eigenvalue weighted by atomic mass is 10.1. The highest BCUT2D eigenvalue weighted by Crippen LogP contribution is 2.24. The summed E-state index contributed by atoms with van der Waals surface area (Å²) >= 11 is 0. The Bertz CT molecular complexity index is 426. The quantitative estimate of drug-likeness (QED) is 0.595. The number of hydrogen-bond donors (Lipinski definition) is 0. The zero-order chi connectivity index (χ0) is 13.7. The van der Waals surface area contributed by atoms with E-state index in [1.165, 1.54) is 0 Å². The maximum Gasteiger partial charge on any atom is 0.344 e. The van der Waals surface area contributed by atoms with Crippen LogP contribution in [0, 0.1) is 13.8 Å². The van der Waals surface area contributed by atoms with Crippen LogP contribution in [0.5, 0.6) is 5.75 Å². The van der Waals surface area contributed by atoms with E-state index in [9.17, 15) is 9.59 Å². The van der Waals surface area contributed by atoms with Crippen LogP contribution in [0.1, 0.15) is 35.3 Å². The van der Waals surface area contributed by atoms with Gasteiger partial charge in [0.2, 0.25) is 0 Å². The Morgan fingerprint density at radius 3 is 2.28 bits per heavy atom. The molecule has 0 aliphatic heterocycles. The van der Waals surface area contributed by atoms with E-state index < -0.39 is 5.97 Å². The van der Waals surface area contributed by atoms with Gasteiger partial charge in [-0.05, 0) is 51.0 Å². The Morgan fingerprint density at radius 1 is 1.28 bits per heavy atom. The lowest BCUT2D eigenvalue weighted by Crippen LogP contribution is -2.19. The van der Waals surface area contributed by atoms with Gasteiger partial charge in [0.15, 0.2) is 6.61 Å². The van der Waals surface area contributed by atoms with Crippen molar-refractivity contribution in [3.8, 4) is 5.75 Å². The summed E-state index contributed by atoms with van der Waals surface area (Å²) in [5, 5.41) is 0. The standard InChI is InChI=1S/C14H18O4/c1-9(2)18-13(16)8-17-14-10(3)5-12(7-15)6-11(14)4/h5-7,9H,8H2,1-4H3. The van der Waals surface area contributed by atoms with Gasteiger partial charge in [-0.2, -0.15) is 0 Å². The van der Waals surface area contributed by atoms with Crippen LogP contribution in [-0.2, 0) is 9.53 Å². The molecule has 0 fully saturated rings. The third kappa shape index (κ3) is 3.87. The van der Waals surface area contributed by atoms with Gasteiger partial charge in [-0.1, -0.05) is 0 Å². The molecule has 0 aliphatic carbocycles. The number of rotatable bonds is 5. The summed E-state index contributed by atoms with van der Waals surface area (Å²) in [6.07, 6.45) is 0.636. The molecular weight excluding hydrogens is 232 g/mol. The molecule has 0 atom stereocenters. The van der Waals surface area contributed by atoms with Crippen LogP contribution in [0.25, 0.3) is 0 Å². The molecule has 98 valence electrons. The van der Waals surface area contributed by atoms with Crippen LogP contribution >= 0.6 is 0 Å². The molecule has 0 N–H and O–H groups in total. The van der Waals surface area contributed by atoms with Crippen molar-refractivity contribution in [1.82, 2.24) is 0 Å². The molecule has 0 aromatic heterocycles. The Labute approximate surface area is 107 Å². The van der Waals surface area contributed by atoms with E-state index in [0.29, 0.717) is 11.3 Å². The maximum absolute atomic E-state index is 11.4. The van der Waals surface area contributed by atoms with Gasteiger partial charge in [-0.25, -0.2) is 4.79 Å². The number of ether oxygens (including phenoxy) is 2. The van der Waals surface area contributed by atoms with Gasteiger partial charge < -0.3 is 9.47 Å². The summed E-state index contributed by atoms with van der Waals surface area (Å²) < 4.78 is 10.4. The molecule has 0 radical (unpaired) electrons. The third-order valence-electron chi connectivity index (χ3n) is 2.32. The summed E-state index contributed by atoms with van der Waals surface area (Å²) in [4.78, 5) is 22.1. The first-order valence-electron chi connectivity index (χ1n) is 5.82. The van der Waals surface area contributed by atoms with E-state index in [4.69, 9.17) is 9.47 Å². The molecule has 0 aliphatic rings. The zero-order valence-electron chi connectivity index (χ0n) is 11.1. The largest absolute Gasteiger partial charge is 0.481 e. The highest BCUT2D eigenvalue weighted by atomic mass is 16.6. The summed E-state index contributed by atoms with van der Waals surface area (Å²) in [6.45, 7) is 7.12. The number of esters is 1. The molecule has 0 unspecified atom stereocenters. The van der Waals surface area contributed by atoms with Crippen molar-refractivity contribution in [3.63, 3.8) is 0 Å². The van der Waals surface area contributed by atoms with E-state index in [1.807, 2.05) is 13.8 Å². The first-order chi connectivity index (χ1) is 8.43. The van der Waals surface area contributed by atoms with Gasteiger partial charge in [0, 0.05) is 5.56 Å². The van der Waals surface area contributed by atoms with Crippen molar-refractivity contribution in [1.29, 1.82) is 0 Å². The second-order valence-electron chi connectivity index (χ2n) is 4.43. The Morgan fingerprint density at radius 2 is 1.83 bits per heavy atom. The highest BCUT2D eigenvalue weighted by molar-refractivity contribution is 5.76.